The molecule has 4 rings (SSSR count). The molecule has 0 radical (unpaired) electrons. The van der Waals surface area contributed by atoms with Crippen molar-refractivity contribution in [2.75, 3.05) is 54.0 Å². The molecule has 0 amide bonds. The van der Waals surface area contributed by atoms with E-state index < -0.39 is 13.9 Å². The molecule has 1 aromatic carbocycles. The number of halogens is 2. The molecule has 2 aliphatic carbocycles. The van der Waals surface area contributed by atoms with E-state index >= 15 is 0 Å². The molecule has 322 valence electrons. The summed E-state index contributed by atoms with van der Waals surface area (Å²) in [5, 5.41) is 0. The maximum Gasteiger partial charge on any atom is 0.529 e. The summed E-state index contributed by atoms with van der Waals surface area (Å²) in [5.74, 6) is 1.69. The van der Waals surface area contributed by atoms with E-state index in [2.05, 4.69) is 60.0 Å². The Balaban J connectivity index is 0.000000316. The van der Waals surface area contributed by atoms with Crippen LogP contribution in [0.5, 0.6) is 11.5 Å². The second-order valence-electron chi connectivity index (χ2n) is 14.5. The number of carbonyl (C=O) groups is 2. The number of phosphoric acid groups is 1. The Kier molecular flexibility index (Phi) is 22.8. The topological polar surface area (TPSA) is 134 Å². The molecule has 3 aliphatic rings. The molecule has 1 aromatic rings. The quantitative estimate of drug-likeness (QED) is 0.0361. The van der Waals surface area contributed by atoms with Gasteiger partial charge in [-0.3, -0.25) is 18.6 Å². The molecule has 0 aromatic heterocycles. The van der Waals surface area contributed by atoms with E-state index in [0.717, 1.165) is 61.2 Å². The number of ether oxygens (including phenoxy) is 6. The molecule has 15 heteroatoms. The first kappa shape index (κ1) is 50.5. The molecule has 12 nitrogen and oxygen atoms in total. The zero-order valence-electron chi connectivity index (χ0n) is 35.1. The Labute approximate surface area is 349 Å². The lowest BCUT2D eigenvalue weighted by molar-refractivity contribution is -0.150. The number of ketones is 1. The standard InChI is InChI=1S/C19H30O5.C19H26O3.C4H7Cl2O4P/c1-3-5-7-20-8-9-21-10-11-22-14-17-13-19-18(23-15-24-19)12-16(17)6-4-2;1-7-8-13-12(4)16(10-15(13)20)22-18(21)17-14(9-11(2)3)19(17,5)6;1-8-11(7,9-2)10-3-4(5)6/h12-13H,3-11,14-15H2,1-2H3;7,9,14,16-17H,1,8,10H2,2-6H3;3H,1-2H3. The van der Waals surface area contributed by atoms with Gasteiger partial charge >= 0.3 is 13.8 Å². The van der Waals surface area contributed by atoms with E-state index in [1.54, 1.807) is 6.08 Å². The number of hydrogen-bond acceptors (Lipinski definition) is 12. The fourth-order valence-corrected chi connectivity index (χ4v) is 6.98. The molecule has 1 aliphatic heterocycles. The van der Waals surface area contributed by atoms with Gasteiger partial charge in [0, 0.05) is 26.4 Å². The average molecular weight is 862 g/mol. The summed E-state index contributed by atoms with van der Waals surface area (Å²) in [6, 6.07) is 4.12. The summed E-state index contributed by atoms with van der Waals surface area (Å²) in [7, 11) is -1.12. The minimum Gasteiger partial charge on any atom is -0.457 e. The molecule has 0 bridgehead atoms. The second-order valence-corrected chi connectivity index (χ2v) is 17.3. The Morgan fingerprint density at radius 1 is 0.965 bits per heavy atom. The number of aryl methyl sites for hydroxylation is 1. The van der Waals surface area contributed by atoms with Gasteiger partial charge in [0.15, 0.2) is 17.3 Å². The SMILES string of the molecule is C=CCC1=C(C)C(OC(=O)C2C(C=C(C)C)C2(C)C)CC1=O.CCCCOCCOCCOCc1cc2c(cc1CCC)OCO2.COP(=O)(OC)OC=C(Cl)Cl. The van der Waals surface area contributed by atoms with Crippen LogP contribution in [0.15, 0.2) is 58.3 Å². The number of rotatable bonds is 22. The van der Waals surface area contributed by atoms with Crippen molar-refractivity contribution in [2.45, 2.75) is 99.7 Å². The lowest BCUT2D eigenvalue weighted by atomic mass is 10.0. The van der Waals surface area contributed by atoms with E-state index in [0.29, 0.717) is 46.2 Å². The van der Waals surface area contributed by atoms with E-state index in [1.165, 1.54) is 30.9 Å². The number of allylic oxidation sites excluding steroid dienone is 4. The molecule has 1 fully saturated rings. The predicted octanol–water partition coefficient (Wildman–Crippen LogP) is 10.4. The van der Waals surface area contributed by atoms with Gasteiger partial charge in [0.2, 0.25) is 6.79 Å². The van der Waals surface area contributed by atoms with E-state index in [1.807, 2.05) is 26.8 Å². The third kappa shape index (κ3) is 16.8. The lowest BCUT2D eigenvalue weighted by Gasteiger charge is -2.13. The van der Waals surface area contributed by atoms with Crippen LogP contribution >= 0.6 is 31.0 Å². The smallest absolute Gasteiger partial charge is 0.457 e. The number of Topliss-reactive ketones (excluding diaryl/α,β-unsaturated/α-hetero) is 1. The van der Waals surface area contributed by atoms with Gasteiger partial charge in [0.05, 0.1) is 45.4 Å². The van der Waals surface area contributed by atoms with Crippen molar-refractivity contribution in [1.29, 1.82) is 0 Å². The summed E-state index contributed by atoms with van der Waals surface area (Å²) < 4.78 is 57.4. The average Bonchev–Trinajstić information content (AvgIpc) is 3.40. The van der Waals surface area contributed by atoms with Crippen molar-refractivity contribution in [2.24, 2.45) is 17.3 Å². The fourth-order valence-electron chi connectivity index (χ4n) is 6.22. The molecule has 3 atom stereocenters. The summed E-state index contributed by atoms with van der Waals surface area (Å²) in [5.41, 5.74) is 5.24. The van der Waals surface area contributed by atoms with E-state index in [-0.39, 0.29) is 39.9 Å². The zero-order chi connectivity index (χ0) is 42.6. The Morgan fingerprint density at radius 3 is 2.11 bits per heavy atom. The maximum atomic E-state index is 12.5. The highest BCUT2D eigenvalue weighted by molar-refractivity contribution is 7.48. The first-order valence-electron chi connectivity index (χ1n) is 19.3. The first-order valence-corrected chi connectivity index (χ1v) is 21.5. The number of carbonyl (C=O) groups excluding carboxylic acids is 2. The van der Waals surface area contributed by atoms with Gasteiger partial charge in [-0.25, -0.2) is 4.57 Å². The zero-order valence-corrected chi connectivity index (χ0v) is 37.5. The number of unbranched alkanes of at least 4 members (excludes halogenated alkanes) is 1. The van der Waals surface area contributed by atoms with Crippen molar-refractivity contribution in [3.8, 4) is 11.5 Å². The van der Waals surface area contributed by atoms with Crippen molar-refractivity contribution in [1.82, 2.24) is 0 Å². The molecule has 1 heterocycles. The van der Waals surface area contributed by atoms with Crippen LogP contribution in [0.4, 0.5) is 0 Å². The summed E-state index contributed by atoms with van der Waals surface area (Å²) in [6.07, 6.45) is 9.56. The van der Waals surface area contributed by atoms with Crippen molar-refractivity contribution in [3.63, 3.8) is 0 Å². The Bertz CT molecular complexity index is 1590. The predicted molar refractivity (Wildman–Crippen MR) is 222 cm³/mol. The number of esters is 1. The minimum atomic E-state index is -3.48. The van der Waals surface area contributed by atoms with Crippen LogP contribution < -0.4 is 9.47 Å². The van der Waals surface area contributed by atoms with Crippen LogP contribution in [0.2, 0.25) is 0 Å². The van der Waals surface area contributed by atoms with Crippen molar-refractivity contribution in [3.05, 3.63) is 69.5 Å². The molecule has 1 saturated carbocycles. The van der Waals surface area contributed by atoms with Crippen LogP contribution in [0.1, 0.15) is 91.7 Å². The normalized spacial score (nSPS) is 18.8. The number of fused-ring (bicyclic) bond motifs is 1. The van der Waals surface area contributed by atoms with Crippen LogP contribution in [0, 0.1) is 17.3 Å². The van der Waals surface area contributed by atoms with E-state index in [9.17, 15) is 14.2 Å². The lowest BCUT2D eigenvalue weighted by Crippen LogP contribution is -2.20. The van der Waals surface area contributed by atoms with Crippen LogP contribution in [0.3, 0.4) is 0 Å². The van der Waals surface area contributed by atoms with Crippen molar-refractivity contribution < 1.29 is 56.1 Å². The molecule has 0 saturated heterocycles. The fraction of sp³-hybridized carbons (Fsp3) is 0.619. The van der Waals surface area contributed by atoms with Gasteiger partial charge in [0.25, 0.3) is 0 Å². The van der Waals surface area contributed by atoms with Gasteiger partial charge in [-0.2, -0.15) is 0 Å². The molecular weight excluding hydrogens is 798 g/mol. The monoisotopic (exact) mass is 860 g/mol. The Morgan fingerprint density at radius 2 is 1.56 bits per heavy atom. The first-order chi connectivity index (χ1) is 27.1. The summed E-state index contributed by atoms with van der Waals surface area (Å²) in [6.45, 7) is 22.3. The molecule has 0 N–H and O–H groups in total. The van der Waals surface area contributed by atoms with Gasteiger partial charge in [-0.15, -0.1) is 6.58 Å². The van der Waals surface area contributed by atoms with Gasteiger partial charge in [-0.1, -0.05) is 81.5 Å². The van der Waals surface area contributed by atoms with Gasteiger partial charge < -0.3 is 32.9 Å². The third-order valence-corrected chi connectivity index (χ3v) is 11.0. The third-order valence-electron chi connectivity index (χ3n) is 9.53. The number of benzene rings is 1. The highest BCUT2D eigenvalue weighted by Gasteiger charge is 2.61. The Hall–Kier alpha value is -2.67. The number of hydrogen-bond donors (Lipinski definition) is 0. The van der Waals surface area contributed by atoms with Crippen molar-refractivity contribution >= 4 is 42.8 Å². The van der Waals surface area contributed by atoms with E-state index in [4.69, 9.17) is 51.6 Å². The van der Waals surface area contributed by atoms with Crippen LogP contribution in [-0.4, -0.2) is 71.9 Å². The minimum absolute atomic E-state index is 0.0570. The maximum absolute atomic E-state index is 12.5. The summed E-state index contributed by atoms with van der Waals surface area (Å²) in [4.78, 5) is 24.5. The summed E-state index contributed by atoms with van der Waals surface area (Å²) >= 11 is 10.3. The highest BCUT2D eigenvalue weighted by atomic mass is 35.5. The van der Waals surface area contributed by atoms with Gasteiger partial charge in [-0.05, 0) is 80.2 Å². The van der Waals surface area contributed by atoms with Crippen LogP contribution in [0.25, 0.3) is 0 Å². The molecule has 3 unspecified atom stereocenters. The molecular formula is C42H63Cl2O12P. The number of phosphoric ester groups is 1. The molecule has 0 spiro atoms. The van der Waals surface area contributed by atoms with Gasteiger partial charge in [0.1, 0.15) is 16.9 Å². The van der Waals surface area contributed by atoms with Crippen LogP contribution in [-0.2, 0) is 59.7 Å². The second kappa shape index (κ2) is 25.7. The highest BCUT2D eigenvalue weighted by Crippen LogP contribution is 2.60. The largest absolute Gasteiger partial charge is 0.529 e. The molecule has 57 heavy (non-hydrogen) atoms.